The summed E-state index contributed by atoms with van der Waals surface area (Å²) in [6.07, 6.45) is 1.71. The zero-order valence-electron chi connectivity index (χ0n) is 9.30. The minimum atomic E-state index is -0.750. The molecule has 0 saturated carbocycles. The summed E-state index contributed by atoms with van der Waals surface area (Å²) in [7, 11) is -0.750. The molecule has 0 spiro atoms. The second-order valence-electron chi connectivity index (χ2n) is 3.62. The van der Waals surface area contributed by atoms with E-state index in [1.807, 2.05) is 25.1 Å². The first kappa shape index (κ1) is 14.2. The fraction of sp³-hybridized carbons (Fsp3) is 0.455. The molecule has 1 rings (SSSR count). The highest BCUT2D eigenvalue weighted by atomic mass is 79.9. The normalized spacial score (nSPS) is 14.8. The summed E-state index contributed by atoms with van der Waals surface area (Å²) >= 11 is 9.51. The van der Waals surface area contributed by atoms with Crippen LogP contribution in [0.3, 0.4) is 0 Å². The van der Waals surface area contributed by atoms with Gasteiger partial charge in [-0.1, -0.05) is 33.6 Å². The molecular formula is C11H15BrClNOS. The second-order valence-corrected chi connectivity index (χ2v) is 6.50. The standard InChI is InChI=1S/C11H15BrClNOS/c1-8(14-5-6-16(2)15)10-4-3-9(12)7-11(10)13/h3-4,7-8,14H,5-6H2,1-2H3. The molecule has 0 amide bonds. The molecule has 0 aliphatic carbocycles. The first-order valence-electron chi connectivity index (χ1n) is 4.99. The molecule has 2 nitrogen and oxygen atoms in total. The highest BCUT2D eigenvalue weighted by Crippen LogP contribution is 2.26. The molecule has 2 atom stereocenters. The SMILES string of the molecule is CC(NCCS(C)=O)c1ccc(Br)cc1Cl. The van der Waals surface area contributed by atoms with Crippen LogP contribution in [-0.2, 0) is 10.8 Å². The lowest BCUT2D eigenvalue weighted by Gasteiger charge is -2.15. The van der Waals surface area contributed by atoms with E-state index in [0.717, 1.165) is 21.6 Å². The lowest BCUT2D eigenvalue weighted by Crippen LogP contribution is -2.23. The molecule has 0 bridgehead atoms. The predicted molar refractivity (Wildman–Crippen MR) is 74.5 cm³/mol. The topological polar surface area (TPSA) is 29.1 Å². The average Bonchev–Trinajstić information content (AvgIpc) is 2.16. The van der Waals surface area contributed by atoms with Gasteiger partial charge in [-0.2, -0.15) is 0 Å². The first-order chi connectivity index (χ1) is 7.50. The van der Waals surface area contributed by atoms with Crippen LogP contribution in [0.2, 0.25) is 5.02 Å². The Morgan fingerprint density at radius 1 is 1.56 bits per heavy atom. The lowest BCUT2D eigenvalue weighted by atomic mass is 10.1. The Balaban J connectivity index is 2.58. The van der Waals surface area contributed by atoms with Gasteiger partial charge in [0.05, 0.1) is 0 Å². The molecule has 1 N–H and O–H groups in total. The molecule has 2 unspecified atom stereocenters. The van der Waals surface area contributed by atoms with E-state index in [4.69, 9.17) is 11.6 Å². The zero-order chi connectivity index (χ0) is 12.1. The molecule has 0 aliphatic rings. The van der Waals surface area contributed by atoms with E-state index in [2.05, 4.69) is 21.2 Å². The Morgan fingerprint density at radius 3 is 2.81 bits per heavy atom. The first-order valence-corrected chi connectivity index (χ1v) is 7.89. The molecule has 0 radical (unpaired) electrons. The maximum atomic E-state index is 10.9. The van der Waals surface area contributed by atoms with Crippen LogP contribution in [0.4, 0.5) is 0 Å². The van der Waals surface area contributed by atoms with Gasteiger partial charge in [-0.15, -0.1) is 0 Å². The van der Waals surface area contributed by atoms with Crippen LogP contribution in [0.25, 0.3) is 0 Å². The van der Waals surface area contributed by atoms with Crippen molar-refractivity contribution in [3.63, 3.8) is 0 Å². The van der Waals surface area contributed by atoms with E-state index in [1.54, 1.807) is 6.26 Å². The Bertz CT molecular complexity index is 386. The molecular weight excluding hydrogens is 310 g/mol. The van der Waals surface area contributed by atoms with Gasteiger partial charge in [0.25, 0.3) is 0 Å². The third kappa shape index (κ3) is 4.53. The summed E-state index contributed by atoms with van der Waals surface area (Å²) in [5.74, 6) is 0.665. The van der Waals surface area contributed by atoms with Crippen LogP contribution in [0.15, 0.2) is 22.7 Å². The van der Waals surface area contributed by atoms with Crippen molar-refractivity contribution in [3.8, 4) is 0 Å². The van der Waals surface area contributed by atoms with Crippen molar-refractivity contribution in [1.82, 2.24) is 5.32 Å². The van der Waals surface area contributed by atoms with Crippen LogP contribution in [0.5, 0.6) is 0 Å². The van der Waals surface area contributed by atoms with Gasteiger partial charge in [-0.3, -0.25) is 4.21 Å². The fourth-order valence-corrected chi connectivity index (χ4v) is 2.62. The third-order valence-corrected chi connectivity index (χ3v) is 3.87. The maximum Gasteiger partial charge on any atom is 0.0464 e. The van der Waals surface area contributed by atoms with Gasteiger partial charge in [0.2, 0.25) is 0 Å². The molecule has 1 aromatic rings. The zero-order valence-corrected chi connectivity index (χ0v) is 12.5. The van der Waals surface area contributed by atoms with E-state index in [-0.39, 0.29) is 6.04 Å². The summed E-state index contributed by atoms with van der Waals surface area (Å²) in [5.41, 5.74) is 1.06. The highest BCUT2D eigenvalue weighted by molar-refractivity contribution is 9.10. The van der Waals surface area contributed by atoms with Crippen molar-refractivity contribution in [2.45, 2.75) is 13.0 Å². The molecule has 1 aromatic carbocycles. The van der Waals surface area contributed by atoms with Crippen molar-refractivity contribution in [3.05, 3.63) is 33.3 Å². The maximum absolute atomic E-state index is 10.9. The monoisotopic (exact) mass is 323 g/mol. The molecule has 0 heterocycles. The Labute approximate surface area is 112 Å². The summed E-state index contributed by atoms with van der Waals surface area (Å²) in [5, 5.41) is 4.04. The molecule has 0 saturated heterocycles. The Kier molecular flexibility index (Phi) is 5.97. The summed E-state index contributed by atoms with van der Waals surface area (Å²) < 4.78 is 11.9. The van der Waals surface area contributed by atoms with Crippen LogP contribution in [-0.4, -0.2) is 22.8 Å². The quantitative estimate of drug-likeness (QED) is 0.901. The lowest BCUT2D eigenvalue weighted by molar-refractivity contribution is 0.597. The minimum Gasteiger partial charge on any atom is -0.309 e. The van der Waals surface area contributed by atoms with E-state index >= 15 is 0 Å². The number of rotatable bonds is 5. The van der Waals surface area contributed by atoms with Crippen molar-refractivity contribution >= 4 is 38.3 Å². The third-order valence-electron chi connectivity index (χ3n) is 2.27. The predicted octanol–water partition coefficient (Wildman–Crippen LogP) is 3.13. The van der Waals surface area contributed by atoms with Crippen molar-refractivity contribution < 1.29 is 4.21 Å². The minimum absolute atomic E-state index is 0.171. The molecule has 16 heavy (non-hydrogen) atoms. The van der Waals surface area contributed by atoms with Crippen molar-refractivity contribution in [1.29, 1.82) is 0 Å². The summed E-state index contributed by atoms with van der Waals surface area (Å²) in [4.78, 5) is 0. The number of benzene rings is 1. The fourth-order valence-electron chi connectivity index (χ4n) is 1.38. The van der Waals surface area contributed by atoms with E-state index < -0.39 is 10.8 Å². The smallest absolute Gasteiger partial charge is 0.0464 e. The number of halogens is 2. The van der Waals surface area contributed by atoms with Gasteiger partial charge in [0.1, 0.15) is 0 Å². The largest absolute Gasteiger partial charge is 0.309 e. The van der Waals surface area contributed by atoms with Gasteiger partial charge < -0.3 is 5.32 Å². The van der Waals surface area contributed by atoms with Crippen molar-refractivity contribution in [2.75, 3.05) is 18.6 Å². The van der Waals surface area contributed by atoms with Crippen LogP contribution >= 0.6 is 27.5 Å². The molecule has 0 fully saturated rings. The summed E-state index contributed by atoms with van der Waals surface area (Å²) in [6.45, 7) is 2.78. The van der Waals surface area contributed by atoms with Gasteiger partial charge in [-0.25, -0.2) is 0 Å². The average molecular weight is 325 g/mol. The van der Waals surface area contributed by atoms with Gasteiger partial charge >= 0.3 is 0 Å². The second kappa shape index (κ2) is 6.74. The van der Waals surface area contributed by atoms with E-state index in [0.29, 0.717) is 5.75 Å². The van der Waals surface area contributed by atoms with Gasteiger partial charge in [0, 0.05) is 44.9 Å². The molecule has 5 heteroatoms. The Morgan fingerprint density at radius 2 is 2.25 bits per heavy atom. The molecule has 0 aromatic heterocycles. The number of hydrogen-bond acceptors (Lipinski definition) is 2. The van der Waals surface area contributed by atoms with Crippen LogP contribution in [0.1, 0.15) is 18.5 Å². The molecule has 90 valence electrons. The summed E-state index contributed by atoms with van der Waals surface area (Å²) in [6, 6.07) is 6.02. The molecule has 0 aliphatic heterocycles. The Hall–Kier alpha value is 0.1000. The van der Waals surface area contributed by atoms with Crippen LogP contribution < -0.4 is 5.32 Å². The number of hydrogen-bond donors (Lipinski definition) is 1. The van der Waals surface area contributed by atoms with Gasteiger partial charge in [-0.05, 0) is 24.6 Å². The highest BCUT2D eigenvalue weighted by Gasteiger charge is 2.09. The van der Waals surface area contributed by atoms with Gasteiger partial charge in [0.15, 0.2) is 0 Å². The van der Waals surface area contributed by atoms with E-state index in [9.17, 15) is 4.21 Å². The van der Waals surface area contributed by atoms with E-state index in [1.165, 1.54) is 0 Å². The van der Waals surface area contributed by atoms with Crippen molar-refractivity contribution in [2.24, 2.45) is 0 Å². The van der Waals surface area contributed by atoms with Crippen LogP contribution in [0, 0.1) is 0 Å². The number of nitrogens with one attached hydrogen (secondary N) is 1.